The zero-order valence-electron chi connectivity index (χ0n) is 7.81. The monoisotopic (exact) mass is 293 g/mol. The van der Waals surface area contributed by atoms with E-state index in [1.54, 1.807) is 0 Å². The van der Waals surface area contributed by atoms with Gasteiger partial charge in [0.2, 0.25) is 12.2 Å². The summed E-state index contributed by atoms with van der Waals surface area (Å²) < 4.78 is 7.57. The molecule has 1 fully saturated rings. The van der Waals surface area contributed by atoms with Gasteiger partial charge < -0.3 is 24.8 Å². The van der Waals surface area contributed by atoms with Crippen molar-refractivity contribution < 1.29 is 24.8 Å². The van der Waals surface area contributed by atoms with Crippen molar-refractivity contribution in [1.29, 1.82) is 5.41 Å². The van der Waals surface area contributed by atoms with Crippen LogP contribution in [0.3, 0.4) is 0 Å². The highest BCUT2D eigenvalue weighted by atomic mass is 35.6. The molecule has 0 aromatic carbocycles. The third-order valence-corrected chi connectivity index (χ3v) is 2.50. The van der Waals surface area contributed by atoms with Gasteiger partial charge in [-0.2, -0.15) is 0 Å². The molecular formula is C7H10Cl3NO5. The summed E-state index contributed by atoms with van der Waals surface area (Å²) in [5.74, 6) is -0.743. The number of alkyl halides is 3. The topological polar surface area (TPSA) is 103 Å². The molecule has 0 saturated carbocycles. The van der Waals surface area contributed by atoms with Gasteiger partial charge in [0.15, 0.2) is 0 Å². The first-order chi connectivity index (χ1) is 7.27. The highest BCUT2D eigenvalue weighted by Crippen LogP contribution is 2.30. The van der Waals surface area contributed by atoms with Crippen molar-refractivity contribution >= 4 is 40.7 Å². The SMILES string of the molecule is N=C(OC1O[C@@H](CO)[C@H](O)[C@H]1O)C(Cl)(Cl)Cl. The Balaban J connectivity index is 2.60. The van der Waals surface area contributed by atoms with E-state index in [1.165, 1.54) is 0 Å². The van der Waals surface area contributed by atoms with Gasteiger partial charge in [-0.1, -0.05) is 34.8 Å². The molecule has 94 valence electrons. The van der Waals surface area contributed by atoms with Gasteiger partial charge in [-0.05, 0) is 0 Å². The third kappa shape index (κ3) is 3.10. The number of hydrogen-bond acceptors (Lipinski definition) is 6. The molecule has 4 atom stereocenters. The molecule has 1 heterocycles. The van der Waals surface area contributed by atoms with Crippen molar-refractivity contribution in [1.82, 2.24) is 0 Å². The summed E-state index contributed by atoms with van der Waals surface area (Å²) in [5.41, 5.74) is 0. The molecule has 1 rings (SSSR count). The highest BCUT2D eigenvalue weighted by molar-refractivity contribution is 6.76. The van der Waals surface area contributed by atoms with Crippen LogP contribution in [0.5, 0.6) is 0 Å². The third-order valence-electron chi connectivity index (χ3n) is 1.99. The van der Waals surface area contributed by atoms with Crippen LogP contribution in [-0.2, 0) is 9.47 Å². The molecule has 0 radical (unpaired) electrons. The summed E-state index contributed by atoms with van der Waals surface area (Å²) in [6.45, 7) is -0.501. The van der Waals surface area contributed by atoms with Crippen LogP contribution >= 0.6 is 34.8 Å². The molecule has 1 saturated heterocycles. The fourth-order valence-corrected chi connectivity index (χ4v) is 1.28. The number of ether oxygens (including phenoxy) is 2. The maximum atomic E-state index is 9.44. The van der Waals surface area contributed by atoms with Crippen molar-refractivity contribution in [3.8, 4) is 0 Å². The Bertz CT molecular complexity index is 271. The highest BCUT2D eigenvalue weighted by Gasteiger charge is 2.45. The lowest BCUT2D eigenvalue weighted by molar-refractivity contribution is -0.124. The van der Waals surface area contributed by atoms with Gasteiger partial charge in [-0.3, -0.25) is 5.41 Å². The van der Waals surface area contributed by atoms with Crippen molar-refractivity contribution in [2.75, 3.05) is 6.61 Å². The second-order valence-electron chi connectivity index (χ2n) is 3.15. The Labute approximate surface area is 106 Å². The van der Waals surface area contributed by atoms with E-state index < -0.39 is 40.9 Å². The predicted molar refractivity (Wildman–Crippen MR) is 56.9 cm³/mol. The summed E-state index contributed by atoms with van der Waals surface area (Å²) >= 11 is 16.0. The molecule has 0 aromatic heterocycles. The van der Waals surface area contributed by atoms with Gasteiger partial charge in [0.05, 0.1) is 6.61 Å². The second kappa shape index (κ2) is 5.22. The van der Waals surface area contributed by atoms with Crippen LogP contribution in [0.4, 0.5) is 0 Å². The van der Waals surface area contributed by atoms with E-state index in [-0.39, 0.29) is 0 Å². The largest absolute Gasteiger partial charge is 0.445 e. The zero-order chi connectivity index (χ0) is 12.5. The maximum absolute atomic E-state index is 9.44. The van der Waals surface area contributed by atoms with Gasteiger partial charge in [0, 0.05) is 0 Å². The number of rotatable bonds is 2. The van der Waals surface area contributed by atoms with Crippen LogP contribution < -0.4 is 0 Å². The van der Waals surface area contributed by atoms with Crippen LogP contribution in [-0.4, -0.2) is 56.2 Å². The van der Waals surface area contributed by atoms with Crippen molar-refractivity contribution in [2.24, 2.45) is 0 Å². The summed E-state index contributed by atoms with van der Waals surface area (Å²) in [5, 5.41) is 34.8. The molecule has 1 aliphatic heterocycles. The summed E-state index contributed by atoms with van der Waals surface area (Å²) in [7, 11) is 0. The Kier molecular flexibility index (Phi) is 4.65. The number of nitrogens with one attached hydrogen (secondary N) is 1. The molecule has 0 bridgehead atoms. The average Bonchev–Trinajstić information content (AvgIpc) is 2.44. The standard InChI is InChI=1S/C7H10Cl3NO5/c8-7(9,10)6(11)16-5-4(14)3(13)2(1-12)15-5/h2-5,11-14H,1H2/t2-,3-,4+,5?/m0/s1. The molecule has 1 unspecified atom stereocenters. The fourth-order valence-electron chi connectivity index (χ4n) is 1.15. The van der Waals surface area contributed by atoms with Crippen molar-refractivity contribution in [2.45, 2.75) is 28.4 Å². The van der Waals surface area contributed by atoms with Gasteiger partial charge >= 0.3 is 0 Å². The Morgan fingerprint density at radius 1 is 1.31 bits per heavy atom. The van der Waals surface area contributed by atoms with Crippen LogP contribution in [0, 0.1) is 5.41 Å². The molecule has 6 nitrogen and oxygen atoms in total. The van der Waals surface area contributed by atoms with E-state index in [9.17, 15) is 10.2 Å². The first-order valence-corrected chi connectivity index (χ1v) is 5.35. The first-order valence-electron chi connectivity index (χ1n) is 4.22. The second-order valence-corrected chi connectivity index (χ2v) is 5.43. The van der Waals surface area contributed by atoms with E-state index in [0.717, 1.165) is 0 Å². The van der Waals surface area contributed by atoms with Gasteiger partial charge in [-0.15, -0.1) is 0 Å². The lowest BCUT2D eigenvalue weighted by atomic mass is 10.1. The first kappa shape index (κ1) is 14.2. The van der Waals surface area contributed by atoms with E-state index in [1.807, 2.05) is 0 Å². The lowest BCUT2D eigenvalue weighted by Crippen LogP contribution is -2.37. The van der Waals surface area contributed by atoms with E-state index in [0.29, 0.717) is 0 Å². The summed E-state index contributed by atoms with van der Waals surface area (Å²) in [6, 6.07) is 0. The number of halogens is 3. The quantitative estimate of drug-likeness (QED) is 0.321. The maximum Gasteiger partial charge on any atom is 0.265 e. The molecular weight excluding hydrogens is 284 g/mol. The molecule has 4 N–H and O–H groups in total. The summed E-state index contributed by atoms with van der Waals surface area (Å²) in [4.78, 5) is 0. The Morgan fingerprint density at radius 2 is 1.88 bits per heavy atom. The fraction of sp³-hybridized carbons (Fsp3) is 0.857. The molecule has 1 aliphatic rings. The summed E-state index contributed by atoms with van der Waals surface area (Å²) in [6.07, 6.45) is -5.10. The Hall–Kier alpha value is 0.180. The molecule has 16 heavy (non-hydrogen) atoms. The Morgan fingerprint density at radius 3 is 2.25 bits per heavy atom. The van der Waals surface area contributed by atoms with Crippen LogP contribution in [0.2, 0.25) is 0 Å². The molecule has 0 spiro atoms. The number of aliphatic hydroxyl groups excluding tert-OH is 3. The molecule has 9 heteroatoms. The number of hydrogen-bond donors (Lipinski definition) is 4. The molecule has 0 aliphatic carbocycles. The van der Waals surface area contributed by atoms with Crippen molar-refractivity contribution in [3.05, 3.63) is 0 Å². The van der Waals surface area contributed by atoms with Crippen LogP contribution in [0.1, 0.15) is 0 Å². The van der Waals surface area contributed by atoms with Gasteiger partial charge in [0.1, 0.15) is 18.3 Å². The minimum Gasteiger partial charge on any atom is -0.445 e. The zero-order valence-corrected chi connectivity index (χ0v) is 10.1. The smallest absolute Gasteiger partial charge is 0.265 e. The van der Waals surface area contributed by atoms with Crippen molar-refractivity contribution in [3.63, 3.8) is 0 Å². The molecule has 0 aromatic rings. The van der Waals surface area contributed by atoms with E-state index in [2.05, 4.69) is 0 Å². The number of aliphatic hydroxyl groups is 3. The minimum atomic E-state index is -2.08. The minimum absolute atomic E-state index is 0.501. The molecule has 0 amide bonds. The van der Waals surface area contributed by atoms with Gasteiger partial charge in [0.25, 0.3) is 3.79 Å². The average molecular weight is 295 g/mol. The van der Waals surface area contributed by atoms with Crippen LogP contribution in [0.15, 0.2) is 0 Å². The van der Waals surface area contributed by atoms with E-state index in [4.69, 9.17) is 54.8 Å². The van der Waals surface area contributed by atoms with E-state index >= 15 is 0 Å². The normalized spacial score (nSPS) is 35.1. The predicted octanol–water partition coefficient (Wildman–Crippen LogP) is -0.211. The van der Waals surface area contributed by atoms with Crippen LogP contribution in [0.25, 0.3) is 0 Å². The van der Waals surface area contributed by atoms with Gasteiger partial charge in [-0.25, -0.2) is 0 Å². The lowest BCUT2D eigenvalue weighted by Gasteiger charge is -2.20.